The Morgan fingerprint density at radius 2 is 1.76 bits per heavy atom. The van der Waals surface area contributed by atoms with Crippen molar-refractivity contribution in [2.24, 2.45) is 0 Å². The van der Waals surface area contributed by atoms with Crippen molar-refractivity contribution in [1.82, 2.24) is 10.3 Å². The fourth-order valence-electron chi connectivity index (χ4n) is 3.68. The van der Waals surface area contributed by atoms with Crippen molar-refractivity contribution in [3.05, 3.63) is 89.4 Å². The van der Waals surface area contributed by atoms with Gasteiger partial charge in [0.15, 0.2) is 0 Å². The van der Waals surface area contributed by atoms with E-state index in [0.717, 1.165) is 16.7 Å². The SMILES string of the molecule is O=C(Nc1ccc(-c2cccc3c2CNC3=O)cc1)c1cc2cc(F)ccc2[nH]1. The molecule has 3 N–H and O–H groups in total. The Bertz CT molecular complexity index is 1280. The van der Waals surface area contributed by atoms with Gasteiger partial charge in [-0.05, 0) is 59.2 Å². The minimum Gasteiger partial charge on any atom is -0.351 e. The van der Waals surface area contributed by atoms with E-state index in [1.807, 2.05) is 42.5 Å². The average Bonchev–Trinajstić information content (AvgIpc) is 3.32. The molecule has 0 bridgehead atoms. The number of aromatic amines is 1. The van der Waals surface area contributed by atoms with E-state index < -0.39 is 0 Å². The number of hydrogen-bond acceptors (Lipinski definition) is 2. The van der Waals surface area contributed by atoms with Crippen molar-refractivity contribution >= 4 is 28.4 Å². The molecule has 2 amide bonds. The van der Waals surface area contributed by atoms with Crippen LogP contribution in [0.5, 0.6) is 0 Å². The summed E-state index contributed by atoms with van der Waals surface area (Å²) in [6, 6.07) is 19.1. The molecule has 0 fully saturated rings. The molecule has 5 nitrogen and oxygen atoms in total. The average molecular weight is 385 g/mol. The second kappa shape index (κ2) is 6.60. The molecular formula is C23H16FN3O2. The van der Waals surface area contributed by atoms with Crippen LogP contribution in [0.3, 0.4) is 0 Å². The van der Waals surface area contributed by atoms with Crippen molar-refractivity contribution in [3.8, 4) is 11.1 Å². The van der Waals surface area contributed by atoms with Crippen LogP contribution in [0.15, 0.2) is 66.7 Å². The van der Waals surface area contributed by atoms with Gasteiger partial charge in [0.25, 0.3) is 11.8 Å². The van der Waals surface area contributed by atoms with Gasteiger partial charge in [0.1, 0.15) is 11.5 Å². The highest BCUT2D eigenvalue weighted by Crippen LogP contribution is 2.30. The fraction of sp³-hybridized carbons (Fsp3) is 0.0435. The van der Waals surface area contributed by atoms with Crippen molar-refractivity contribution in [1.29, 1.82) is 0 Å². The lowest BCUT2D eigenvalue weighted by molar-refractivity contribution is 0.0964. The summed E-state index contributed by atoms with van der Waals surface area (Å²) in [6.45, 7) is 0.518. The Kier molecular flexibility index (Phi) is 3.91. The minimum absolute atomic E-state index is 0.0519. The normalized spacial score (nSPS) is 12.7. The molecule has 0 atom stereocenters. The summed E-state index contributed by atoms with van der Waals surface area (Å²) in [5.41, 5.74) is 5.36. The van der Waals surface area contributed by atoms with Crippen LogP contribution < -0.4 is 10.6 Å². The Balaban J connectivity index is 1.38. The number of anilines is 1. The fourth-order valence-corrected chi connectivity index (χ4v) is 3.68. The van der Waals surface area contributed by atoms with E-state index in [2.05, 4.69) is 15.6 Å². The first-order valence-electron chi connectivity index (χ1n) is 9.19. The van der Waals surface area contributed by atoms with Crippen molar-refractivity contribution in [2.75, 3.05) is 5.32 Å². The van der Waals surface area contributed by atoms with E-state index in [4.69, 9.17) is 0 Å². The molecule has 142 valence electrons. The zero-order valence-electron chi connectivity index (χ0n) is 15.3. The third kappa shape index (κ3) is 3.04. The molecule has 1 aliphatic rings. The van der Waals surface area contributed by atoms with E-state index in [-0.39, 0.29) is 17.6 Å². The number of carbonyl (C=O) groups excluding carboxylic acids is 2. The van der Waals surface area contributed by atoms with Crippen LogP contribution in [0.2, 0.25) is 0 Å². The Labute approximate surface area is 165 Å². The van der Waals surface area contributed by atoms with Gasteiger partial charge in [0, 0.05) is 28.7 Å². The van der Waals surface area contributed by atoms with Gasteiger partial charge in [-0.15, -0.1) is 0 Å². The minimum atomic E-state index is -0.344. The summed E-state index contributed by atoms with van der Waals surface area (Å²) in [5, 5.41) is 6.33. The quantitative estimate of drug-likeness (QED) is 0.487. The van der Waals surface area contributed by atoms with Crippen LogP contribution in [-0.4, -0.2) is 16.8 Å². The molecule has 4 aromatic rings. The van der Waals surface area contributed by atoms with E-state index in [1.165, 1.54) is 12.1 Å². The molecule has 2 heterocycles. The maximum absolute atomic E-state index is 13.3. The monoisotopic (exact) mass is 385 g/mol. The van der Waals surface area contributed by atoms with E-state index >= 15 is 0 Å². The molecule has 0 aliphatic carbocycles. The topological polar surface area (TPSA) is 74.0 Å². The third-order valence-electron chi connectivity index (χ3n) is 5.13. The second-order valence-corrected chi connectivity index (χ2v) is 6.96. The van der Waals surface area contributed by atoms with E-state index in [9.17, 15) is 14.0 Å². The van der Waals surface area contributed by atoms with Crippen LogP contribution in [-0.2, 0) is 6.54 Å². The summed E-state index contributed by atoms with van der Waals surface area (Å²) in [5.74, 6) is -0.697. The molecule has 29 heavy (non-hydrogen) atoms. The molecule has 0 saturated heterocycles. The van der Waals surface area contributed by atoms with Crippen LogP contribution in [0.4, 0.5) is 10.1 Å². The molecule has 5 rings (SSSR count). The molecule has 0 saturated carbocycles. The number of rotatable bonds is 3. The van der Waals surface area contributed by atoms with Crippen LogP contribution in [0.1, 0.15) is 26.4 Å². The lowest BCUT2D eigenvalue weighted by atomic mass is 9.97. The lowest BCUT2D eigenvalue weighted by Crippen LogP contribution is -2.12. The highest BCUT2D eigenvalue weighted by Gasteiger charge is 2.21. The van der Waals surface area contributed by atoms with Crippen molar-refractivity contribution in [2.45, 2.75) is 6.54 Å². The van der Waals surface area contributed by atoms with Gasteiger partial charge in [-0.1, -0.05) is 24.3 Å². The van der Waals surface area contributed by atoms with E-state index in [0.29, 0.717) is 34.4 Å². The summed E-state index contributed by atoms with van der Waals surface area (Å²) < 4.78 is 13.3. The van der Waals surface area contributed by atoms with Gasteiger partial charge in [-0.2, -0.15) is 0 Å². The molecule has 3 aromatic carbocycles. The molecular weight excluding hydrogens is 369 g/mol. The molecule has 0 spiro atoms. The Morgan fingerprint density at radius 3 is 2.59 bits per heavy atom. The molecule has 1 aromatic heterocycles. The summed E-state index contributed by atoms with van der Waals surface area (Å²) >= 11 is 0. The van der Waals surface area contributed by atoms with E-state index in [1.54, 1.807) is 12.1 Å². The highest BCUT2D eigenvalue weighted by atomic mass is 19.1. The zero-order chi connectivity index (χ0) is 20.0. The number of aromatic nitrogens is 1. The first-order chi connectivity index (χ1) is 14.1. The number of hydrogen-bond donors (Lipinski definition) is 3. The van der Waals surface area contributed by atoms with Crippen molar-refractivity contribution < 1.29 is 14.0 Å². The predicted molar refractivity (Wildman–Crippen MR) is 109 cm³/mol. The smallest absolute Gasteiger partial charge is 0.272 e. The van der Waals surface area contributed by atoms with Crippen molar-refractivity contribution in [3.63, 3.8) is 0 Å². The van der Waals surface area contributed by atoms with Gasteiger partial charge in [-0.25, -0.2) is 4.39 Å². The summed E-state index contributed by atoms with van der Waals surface area (Å²) in [6.07, 6.45) is 0. The molecule has 6 heteroatoms. The first-order valence-corrected chi connectivity index (χ1v) is 9.19. The largest absolute Gasteiger partial charge is 0.351 e. The predicted octanol–water partition coefficient (Wildman–Crippen LogP) is 4.47. The lowest BCUT2D eigenvalue weighted by Gasteiger charge is -2.09. The molecule has 1 aliphatic heterocycles. The van der Waals surface area contributed by atoms with Gasteiger partial charge in [0.05, 0.1) is 0 Å². The molecule has 0 radical (unpaired) electrons. The third-order valence-corrected chi connectivity index (χ3v) is 5.13. The number of halogens is 1. The standard InChI is InChI=1S/C23H16FN3O2/c24-15-6-9-20-14(10-15)11-21(27-20)23(29)26-16-7-4-13(5-8-16)17-2-1-3-18-19(17)12-25-22(18)28/h1-11,27H,12H2,(H,25,28)(H,26,29). The summed E-state index contributed by atoms with van der Waals surface area (Å²) in [7, 11) is 0. The van der Waals surface area contributed by atoms with Gasteiger partial charge < -0.3 is 15.6 Å². The summed E-state index contributed by atoms with van der Waals surface area (Å²) in [4.78, 5) is 27.4. The number of carbonyl (C=O) groups is 2. The zero-order valence-corrected chi connectivity index (χ0v) is 15.3. The number of amides is 2. The number of fused-ring (bicyclic) bond motifs is 2. The van der Waals surface area contributed by atoms with Crippen LogP contribution in [0, 0.1) is 5.82 Å². The number of H-pyrrole nitrogens is 1. The van der Waals surface area contributed by atoms with Crippen LogP contribution in [0.25, 0.3) is 22.0 Å². The Morgan fingerprint density at radius 1 is 0.966 bits per heavy atom. The number of nitrogens with one attached hydrogen (secondary N) is 3. The van der Waals surface area contributed by atoms with Crippen LogP contribution >= 0.6 is 0 Å². The van der Waals surface area contributed by atoms with Gasteiger partial charge in [-0.3, -0.25) is 9.59 Å². The first kappa shape index (κ1) is 17.2. The maximum Gasteiger partial charge on any atom is 0.272 e. The second-order valence-electron chi connectivity index (χ2n) is 6.96. The maximum atomic E-state index is 13.3. The van der Waals surface area contributed by atoms with Gasteiger partial charge in [0.2, 0.25) is 0 Å². The Hall–Kier alpha value is -3.93. The molecule has 0 unspecified atom stereocenters. The highest BCUT2D eigenvalue weighted by molar-refractivity contribution is 6.06. The van der Waals surface area contributed by atoms with Gasteiger partial charge >= 0.3 is 0 Å². The number of benzene rings is 3.